The molecule has 108 valence electrons. The molecule has 1 unspecified atom stereocenters. The van der Waals surface area contributed by atoms with Gasteiger partial charge in [-0.05, 0) is 38.0 Å². The summed E-state index contributed by atoms with van der Waals surface area (Å²) in [5.41, 5.74) is 0. The van der Waals surface area contributed by atoms with E-state index in [0.717, 1.165) is 12.8 Å². The molecule has 0 aromatic heterocycles. The summed E-state index contributed by atoms with van der Waals surface area (Å²) in [4.78, 5) is 0. The lowest BCUT2D eigenvalue weighted by Gasteiger charge is -2.30. The topological polar surface area (TPSA) is 46.2 Å². The fraction of sp³-hybridized carbons (Fsp3) is 1.00. The van der Waals surface area contributed by atoms with Gasteiger partial charge < -0.3 is 0 Å². The Labute approximate surface area is 117 Å². The number of alkyl halides is 1. The molecule has 1 fully saturated rings. The van der Waals surface area contributed by atoms with Gasteiger partial charge in [-0.3, -0.25) is 0 Å². The molecule has 0 aromatic carbocycles. The summed E-state index contributed by atoms with van der Waals surface area (Å²) in [5.74, 6) is 1.28. The summed E-state index contributed by atoms with van der Waals surface area (Å²) in [6.07, 6.45) is 8.44. The Kier molecular flexibility index (Phi) is 7.57. The Balaban J connectivity index is 2.45. The van der Waals surface area contributed by atoms with Crippen LogP contribution >= 0.6 is 11.6 Å². The zero-order chi connectivity index (χ0) is 13.4. The number of halogens is 1. The lowest BCUT2D eigenvalue weighted by molar-refractivity contribution is 0.285. The van der Waals surface area contributed by atoms with E-state index in [1.807, 2.05) is 0 Å². The summed E-state index contributed by atoms with van der Waals surface area (Å²) in [7, 11) is -3.12. The van der Waals surface area contributed by atoms with Crippen molar-refractivity contribution in [2.24, 2.45) is 5.92 Å². The van der Waals surface area contributed by atoms with Gasteiger partial charge in [0.1, 0.15) is 0 Å². The molecule has 0 bridgehead atoms. The van der Waals surface area contributed by atoms with Gasteiger partial charge >= 0.3 is 0 Å². The van der Waals surface area contributed by atoms with Crippen LogP contribution in [-0.4, -0.2) is 26.1 Å². The van der Waals surface area contributed by atoms with Gasteiger partial charge in [0.2, 0.25) is 10.0 Å². The van der Waals surface area contributed by atoms with Crippen LogP contribution in [0.5, 0.6) is 0 Å². The molecular weight excluding hydrogens is 270 g/mol. The first kappa shape index (κ1) is 16.3. The van der Waals surface area contributed by atoms with Gasteiger partial charge in [0, 0.05) is 11.9 Å². The molecule has 0 spiro atoms. The van der Waals surface area contributed by atoms with Crippen molar-refractivity contribution in [3.8, 4) is 0 Å². The van der Waals surface area contributed by atoms with Crippen LogP contribution < -0.4 is 4.72 Å². The highest BCUT2D eigenvalue weighted by Gasteiger charge is 2.25. The van der Waals surface area contributed by atoms with Crippen molar-refractivity contribution < 1.29 is 8.42 Å². The van der Waals surface area contributed by atoms with Gasteiger partial charge in [-0.15, -0.1) is 11.6 Å². The summed E-state index contributed by atoms with van der Waals surface area (Å²) < 4.78 is 26.8. The van der Waals surface area contributed by atoms with E-state index in [9.17, 15) is 8.42 Å². The average molecular weight is 296 g/mol. The molecule has 0 aliphatic heterocycles. The summed E-state index contributed by atoms with van der Waals surface area (Å²) in [5, 5.41) is 0. The molecule has 1 atom stereocenters. The number of sulfonamides is 1. The van der Waals surface area contributed by atoms with Crippen LogP contribution in [0.3, 0.4) is 0 Å². The maximum absolute atomic E-state index is 12.0. The van der Waals surface area contributed by atoms with Crippen LogP contribution in [0.2, 0.25) is 0 Å². The number of nitrogens with one attached hydrogen (secondary N) is 1. The standard InChI is InChI=1S/C13H26ClNO2S/c1-2-13(12-8-4-3-5-9-12)15-18(16,17)11-7-6-10-14/h12-13,15H,2-11H2,1H3. The van der Waals surface area contributed by atoms with Crippen LogP contribution in [0.4, 0.5) is 0 Å². The molecule has 0 amide bonds. The highest BCUT2D eigenvalue weighted by molar-refractivity contribution is 7.89. The maximum atomic E-state index is 12.0. The number of hydrogen-bond donors (Lipinski definition) is 1. The van der Waals surface area contributed by atoms with Gasteiger partial charge in [0.05, 0.1) is 5.75 Å². The van der Waals surface area contributed by atoms with Gasteiger partial charge in [0.25, 0.3) is 0 Å². The molecule has 1 aliphatic rings. The summed E-state index contributed by atoms with van der Waals surface area (Å²) >= 11 is 5.57. The molecule has 1 N–H and O–H groups in total. The molecular formula is C13H26ClNO2S. The molecule has 5 heteroatoms. The molecule has 0 radical (unpaired) electrons. The lowest BCUT2D eigenvalue weighted by atomic mass is 9.83. The van der Waals surface area contributed by atoms with Gasteiger partial charge in [0.15, 0.2) is 0 Å². The van der Waals surface area contributed by atoms with E-state index in [1.54, 1.807) is 0 Å². The predicted octanol–water partition coefficient (Wildman–Crippen LogP) is 3.28. The Hall–Kier alpha value is 0.200. The van der Waals surface area contributed by atoms with Gasteiger partial charge in [-0.2, -0.15) is 0 Å². The molecule has 1 rings (SSSR count). The van der Waals surface area contributed by atoms with Crippen LogP contribution in [0, 0.1) is 5.92 Å². The fourth-order valence-electron chi connectivity index (χ4n) is 2.73. The third-order valence-corrected chi connectivity index (χ3v) is 5.54. The highest BCUT2D eigenvalue weighted by Crippen LogP contribution is 2.28. The van der Waals surface area contributed by atoms with Crippen LogP contribution in [0.25, 0.3) is 0 Å². The van der Waals surface area contributed by atoms with Crippen molar-refractivity contribution in [1.82, 2.24) is 4.72 Å². The Morgan fingerprint density at radius 1 is 1.22 bits per heavy atom. The number of hydrogen-bond acceptors (Lipinski definition) is 2. The second kappa shape index (κ2) is 8.39. The minimum Gasteiger partial charge on any atom is -0.212 e. The van der Waals surface area contributed by atoms with E-state index in [1.165, 1.54) is 32.1 Å². The zero-order valence-electron chi connectivity index (χ0n) is 11.3. The van der Waals surface area contributed by atoms with Crippen molar-refractivity contribution in [3.05, 3.63) is 0 Å². The third kappa shape index (κ3) is 5.89. The van der Waals surface area contributed by atoms with Crippen LogP contribution in [0.15, 0.2) is 0 Å². The minimum absolute atomic E-state index is 0.131. The molecule has 3 nitrogen and oxygen atoms in total. The van der Waals surface area contributed by atoms with Crippen molar-refractivity contribution >= 4 is 21.6 Å². The second-order valence-corrected chi connectivity index (χ2v) is 7.50. The largest absolute Gasteiger partial charge is 0.212 e. The lowest BCUT2D eigenvalue weighted by Crippen LogP contribution is -2.41. The molecule has 18 heavy (non-hydrogen) atoms. The fourth-order valence-corrected chi connectivity index (χ4v) is 4.44. The molecule has 0 saturated heterocycles. The van der Waals surface area contributed by atoms with Gasteiger partial charge in [-0.1, -0.05) is 26.2 Å². The summed E-state index contributed by atoms with van der Waals surface area (Å²) in [6, 6.07) is 0.131. The van der Waals surface area contributed by atoms with E-state index in [0.29, 0.717) is 18.2 Å². The molecule has 0 heterocycles. The van der Waals surface area contributed by atoms with E-state index >= 15 is 0 Å². The number of unbranched alkanes of at least 4 members (excludes halogenated alkanes) is 1. The van der Waals surface area contributed by atoms with Crippen molar-refractivity contribution in [2.45, 2.75) is 64.3 Å². The average Bonchev–Trinajstić information content (AvgIpc) is 2.37. The normalized spacial score (nSPS) is 19.9. The SMILES string of the molecule is CCC(NS(=O)(=O)CCCCCl)C1CCCCC1. The van der Waals surface area contributed by atoms with Crippen molar-refractivity contribution in [1.29, 1.82) is 0 Å². The summed E-state index contributed by atoms with van der Waals surface area (Å²) in [6.45, 7) is 2.07. The first-order chi connectivity index (χ1) is 8.59. The predicted molar refractivity (Wildman–Crippen MR) is 77.5 cm³/mol. The van der Waals surface area contributed by atoms with E-state index < -0.39 is 10.0 Å². The van der Waals surface area contributed by atoms with Crippen LogP contribution in [-0.2, 0) is 10.0 Å². The Morgan fingerprint density at radius 2 is 1.89 bits per heavy atom. The first-order valence-electron chi connectivity index (χ1n) is 7.15. The second-order valence-electron chi connectivity index (χ2n) is 5.25. The van der Waals surface area contributed by atoms with E-state index in [-0.39, 0.29) is 11.8 Å². The van der Waals surface area contributed by atoms with Gasteiger partial charge in [-0.25, -0.2) is 13.1 Å². The van der Waals surface area contributed by atoms with E-state index in [4.69, 9.17) is 11.6 Å². The van der Waals surface area contributed by atoms with Crippen LogP contribution in [0.1, 0.15) is 58.3 Å². The quantitative estimate of drug-likeness (QED) is 0.552. The maximum Gasteiger partial charge on any atom is 0.211 e. The monoisotopic (exact) mass is 295 g/mol. The van der Waals surface area contributed by atoms with E-state index in [2.05, 4.69) is 11.6 Å². The zero-order valence-corrected chi connectivity index (χ0v) is 12.9. The molecule has 1 aliphatic carbocycles. The van der Waals surface area contributed by atoms with Crippen molar-refractivity contribution in [2.75, 3.05) is 11.6 Å². The Morgan fingerprint density at radius 3 is 2.44 bits per heavy atom. The molecule has 1 saturated carbocycles. The third-order valence-electron chi connectivity index (χ3n) is 3.79. The number of rotatable bonds is 8. The van der Waals surface area contributed by atoms with Crippen molar-refractivity contribution in [3.63, 3.8) is 0 Å². The Bertz CT molecular complexity index is 313. The minimum atomic E-state index is -3.12. The smallest absolute Gasteiger partial charge is 0.211 e. The molecule has 0 aromatic rings. The first-order valence-corrected chi connectivity index (χ1v) is 9.33. The highest BCUT2D eigenvalue weighted by atomic mass is 35.5.